The number of amides is 1. The van der Waals surface area contributed by atoms with Gasteiger partial charge in [-0.15, -0.1) is 5.92 Å². The van der Waals surface area contributed by atoms with E-state index in [0.29, 0.717) is 50.1 Å². The normalized spacial score (nSPS) is 17.5. The van der Waals surface area contributed by atoms with Gasteiger partial charge in [0, 0.05) is 38.4 Å². The summed E-state index contributed by atoms with van der Waals surface area (Å²) < 4.78 is 5.64. The van der Waals surface area contributed by atoms with Gasteiger partial charge < -0.3 is 9.64 Å². The van der Waals surface area contributed by atoms with Gasteiger partial charge in [0.15, 0.2) is 5.78 Å². The number of rotatable bonds is 4. The zero-order valence-electron chi connectivity index (χ0n) is 20.1. The Kier molecular flexibility index (Phi) is 7.22. The van der Waals surface area contributed by atoms with Crippen molar-refractivity contribution in [1.82, 2.24) is 4.90 Å². The highest BCUT2D eigenvalue weighted by Crippen LogP contribution is 2.48. The second-order valence-electron chi connectivity index (χ2n) is 9.29. The van der Waals surface area contributed by atoms with E-state index in [9.17, 15) is 19.2 Å². The fourth-order valence-corrected chi connectivity index (χ4v) is 5.10. The van der Waals surface area contributed by atoms with Gasteiger partial charge in [-0.2, -0.15) is 0 Å². The molecule has 1 aromatic rings. The van der Waals surface area contributed by atoms with Crippen LogP contribution >= 0.6 is 0 Å². The molecule has 0 N–H and O–H groups in total. The first kappa shape index (κ1) is 24.4. The molecule has 1 aliphatic heterocycles. The number of Topliss-reactive ketones (excluding diaryl/α,β-unsaturated/α-hetero) is 2. The van der Waals surface area contributed by atoms with Crippen molar-refractivity contribution < 1.29 is 23.9 Å². The van der Waals surface area contributed by atoms with E-state index in [4.69, 9.17) is 4.74 Å². The molecule has 0 aromatic heterocycles. The second-order valence-corrected chi connectivity index (χ2v) is 9.29. The van der Waals surface area contributed by atoms with Crippen molar-refractivity contribution in [3.63, 3.8) is 0 Å². The number of aryl methyl sites for hydroxylation is 2. The van der Waals surface area contributed by atoms with Gasteiger partial charge in [-0.05, 0) is 74.8 Å². The molecule has 3 rings (SSSR count). The molecule has 2 aliphatic rings. The molecule has 0 radical (unpaired) electrons. The van der Waals surface area contributed by atoms with E-state index in [0.717, 1.165) is 22.3 Å². The minimum Gasteiger partial charge on any atom is -0.430 e. The minimum atomic E-state index is -0.454. The summed E-state index contributed by atoms with van der Waals surface area (Å²) in [5.41, 5.74) is 3.66. The Bertz CT molecular complexity index is 1080. The molecule has 33 heavy (non-hydrogen) atoms. The number of carbonyl (C=O) groups excluding carboxylic acids is 4. The fraction of sp³-hybridized carbons (Fsp3) is 0.481. The lowest BCUT2D eigenvalue weighted by Crippen LogP contribution is -2.46. The van der Waals surface area contributed by atoms with Crippen molar-refractivity contribution in [2.24, 2.45) is 5.41 Å². The number of hydrogen-bond acceptors (Lipinski definition) is 5. The Hall–Kier alpha value is -3.20. The zero-order chi connectivity index (χ0) is 24.3. The second kappa shape index (κ2) is 9.74. The van der Waals surface area contributed by atoms with Gasteiger partial charge in [0.05, 0.1) is 12.0 Å². The molecule has 1 spiro atoms. The molecule has 1 heterocycles. The van der Waals surface area contributed by atoms with Crippen LogP contribution < -0.4 is 0 Å². The van der Waals surface area contributed by atoms with Crippen molar-refractivity contribution in [1.29, 1.82) is 0 Å². The van der Waals surface area contributed by atoms with Crippen LogP contribution in [0.25, 0.3) is 5.57 Å². The molecule has 0 unspecified atom stereocenters. The monoisotopic (exact) mass is 449 g/mol. The van der Waals surface area contributed by atoms with Gasteiger partial charge in [0.2, 0.25) is 5.91 Å². The molecule has 6 heteroatoms. The van der Waals surface area contributed by atoms with Gasteiger partial charge in [-0.3, -0.25) is 19.2 Å². The van der Waals surface area contributed by atoms with E-state index in [1.165, 1.54) is 13.8 Å². The average molecular weight is 450 g/mol. The van der Waals surface area contributed by atoms with Crippen LogP contribution in [0, 0.1) is 31.1 Å². The summed E-state index contributed by atoms with van der Waals surface area (Å²) >= 11 is 0. The summed E-state index contributed by atoms with van der Waals surface area (Å²) in [6, 6.07) is 3.90. The lowest BCUT2D eigenvalue weighted by molar-refractivity contribution is -0.138. The van der Waals surface area contributed by atoms with E-state index in [1.807, 2.05) is 26.0 Å². The molecular formula is C27H31NO5. The lowest BCUT2D eigenvalue weighted by atomic mass is 9.66. The molecule has 1 aliphatic carbocycles. The van der Waals surface area contributed by atoms with Crippen LogP contribution in [0.2, 0.25) is 0 Å². The largest absolute Gasteiger partial charge is 0.430 e. The molecule has 0 saturated carbocycles. The molecule has 6 nitrogen and oxygen atoms in total. The molecule has 0 atom stereocenters. The first-order valence-electron chi connectivity index (χ1n) is 11.3. The molecule has 0 bridgehead atoms. The topological polar surface area (TPSA) is 80.8 Å². The number of nitrogens with zero attached hydrogens (tertiary/aromatic N) is 1. The lowest BCUT2D eigenvalue weighted by Gasteiger charge is -2.44. The maximum Gasteiger partial charge on any atom is 0.307 e. The zero-order valence-corrected chi connectivity index (χ0v) is 20.1. The maximum absolute atomic E-state index is 13.5. The van der Waals surface area contributed by atoms with Crippen LogP contribution in [0.15, 0.2) is 17.9 Å². The third-order valence-electron chi connectivity index (χ3n) is 6.52. The predicted molar refractivity (Wildman–Crippen MR) is 125 cm³/mol. The van der Waals surface area contributed by atoms with Crippen LogP contribution in [0.3, 0.4) is 0 Å². The van der Waals surface area contributed by atoms with Crippen LogP contribution in [0.1, 0.15) is 75.1 Å². The number of carbonyl (C=O) groups is 4. The molecule has 1 aromatic carbocycles. The summed E-state index contributed by atoms with van der Waals surface area (Å²) in [5.74, 6) is 5.56. The molecule has 1 amide bonds. The number of piperidine rings is 1. The van der Waals surface area contributed by atoms with Crippen molar-refractivity contribution in [2.45, 2.75) is 66.7 Å². The molecule has 1 fully saturated rings. The van der Waals surface area contributed by atoms with Gasteiger partial charge in [0.1, 0.15) is 11.5 Å². The first-order chi connectivity index (χ1) is 15.5. The van der Waals surface area contributed by atoms with Gasteiger partial charge in [-0.1, -0.05) is 5.92 Å². The number of benzene rings is 1. The maximum atomic E-state index is 13.5. The standard InChI is InChI=1S/C27H31NO5/c1-6-7-21-12-17(2)25(18(3)13-21)26-22(31)15-27(16-23(26)33-20(5)30)8-10-28(11-9-27)24(32)14-19(4)29/h12-13H,8-11,14-16H2,1-5H3. The smallest absolute Gasteiger partial charge is 0.307 e. The third kappa shape index (κ3) is 5.42. The van der Waals surface area contributed by atoms with E-state index in [-0.39, 0.29) is 29.3 Å². The highest BCUT2D eigenvalue weighted by atomic mass is 16.5. The van der Waals surface area contributed by atoms with Gasteiger partial charge >= 0.3 is 5.97 Å². The average Bonchev–Trinajstić information content (AvgIpc) is 2.69. The number of allylic oxidation sites excluding steroid dienone is 2. The van der Waals surface area contributed by atoms with Gasteiger partial charge in [-0.25, -0.2) is 0 Å². The Morgan fingerprint density at radius 2 is 1.67 bits per heavy atom. The Morgan fingerprint density at radius 1 is 1.06 bits per heavy atom. The number of esters is 1. The Labute approximate surface area is 195 Å². The number of ether oxygens (including phenoxy) is 1. The van der Waals surface area contributed by atoms with Crippen LogP contribution in [0.5, 0.6) is 0 Å². The van der Waals surface area contributed by atoms with Crippen molar-refractivity contribution in [3.8, 4) is 11.8 Å². The van der Waals surface area contributed by atoms with Crippen molar-refractivity contribution >= 4 is 29.0 Å². The highest BCUT2D eigenvalue weighted by Gasteiger charge is 2.44. The Balaban J connectivity index is 1.95. The number of hydrogen-bond donors (Lipinski definition) is 0. The quantitative estimate of drug-likeness (QED) is 0.396. The first-order valence-corrected chi connectivity index (χ1v) is 11.3. The Morgan fingerprint density at radius 3 is 2.18 bits per heavy atom. The minimum absolute atomic E-state index is 0.0402. The van der Waals surface area contributed by atoms with E-state index >= 15 is 0 Å². The molecular weight excluding hydrogens is 418 g/mol. The highest BCUT2D eigenvalue weighted by molar-refractivity contribution is 6.23. The summed E-state index contributed by atoms with van der Waals surface area (Å²) in [4.78, 5) is 50.8. The van der Waals surface area contributed by atoms with E-state index < -0.39 is 5.97 Å². The van der Waals surface area contributed by atoms with Crippen LogP contribution in [-0.2, 0) is 23.9 Å². The predicted octanol–water partition coefficient (Wildman–Crippen LogP) is 3.90. The van der Waals surface area contributed by atoms with Crippen LogP contribution in [-0.4, -0.2) is 41.4 Å². The van der Waals surface area contributed by atoms with Crippen molar-refractivity contribution in [2.75, 3.05) is 13.1 Å². The van der Waals surface area contributed by atoms with Gasteiger partial charge in [0.25, 0.3) is 0 Å². The summed E-state index contributed by atoms with van der Waals surface area (Å²) in [7, 11) is 0. The fourth-order valence-electron chi connectivity index (χ4n) is 5.10. The van der Waals surface area contributed by atoms with Crippen LogP contribution in [0.4, 0.5) is 0 Å². The van der Waals surface area contributed by atoms with E-state index in [1.54, 1.807) is 11.8 Å². The summed E-state index contributed by atoms with van der Waals surface area (Å²) in [6.45, 7) is 9.40. The summed E-state index contributed by atoms with van der Waals surface area (Å²) in [6.07, 6.45) is 1.98. The SMILES string of the molecule is CC#Cc1cc(C)c(C2=C(OC(C)=O)CC3(CCN(C(=O)CC(C)=O)CC3)CC2=O)c(C)c1. The summed E-state index contributed by atoms with van der Waals surface area (Å²) in [5, 5.41) is 0. The number of likely N-dealkylation sites (tertiary alicyclic amines) is 1. The number of ketones is 2. The van der Waals surface area contributed by atoms with Crippen molar-refractivity contribution in [3.05, 3.63) is 40.1 Å². The molecule has 174 valence electrons. The van der Waals surface area contributed by atoms with E-state index in [2.05, 4.69) is 11.8 Å². The third-order valence-corrected chi connectivity index (χ3v) is 6.52. The molecule has 1 saturated heterocycles.